The van der Waals surface area contributed by atoms with Crippen molar-refractivity contribution in [2.24, 2.45) is 0 Å². The molecule has 1 nitrogen and oxygen atoms in total. The third-order valence-electron chi connectivity index (χ3n) is 4.09. The van der Waals surface area contributed by atoms with Crippen LogP contribution in [0.5, 0.6) is 0 Å². The summed E-state index contributed by atoms with van der Waals surface area (Å²) in [6, 6.07) is 19.1. The lowest BCUT2D eigenvalue weighted by atomic mass is 10.1. The standard InChI is InChI=1S/C17H21BrOSi/c1-20(2,14-8-4-3-5-9-14)17(12-13-19)15-10-6-7-11-16(15)18/h3-11,17,19H,12-13H2,1-2H3/t17-/m0/s1. The topological polar surface area (TPSA) is 20.2 Å². The van der Waals surface area contributed by atoms with Gasteiger partial charge in [-0.1, -0.05) is 82.7 Å². The Kier molecular flexibility index (Phi) is 5.19. The fourth-order valence-corrected chi connectivity index (χ4v) is 6.97. The lowest BCUT2D eigenvalue weighted by Crippen LogP contribution is -2.48. The van der Waals surface area contributed by atoms with Crippen LogP contribution >= 0.6 is 15.9 Å². The van der Waals surface area contributed by atoms with E-state index in [1.54, 1.807) is 0 Å². The van der Waals surface area contributed by atoms with Crippen LogP contribution in [0.15, 0.2) is 59.1 Å². The van der Waals surface area contributed by atoms with Crippen LogP contribution in [-0.2, 0) is 0 Å². The highest BCUT2D eigenvalue weighted by atomic mass is 79.9. The van der Waals surface area contributed by atoms with E-state index in [4.69, 9.17) is 0 Å². The van der Waals surface area contributed by atoms with Gasteiger partial charge in [0, 0.05) is 11.1 Å². The summed E-state index contributed by atoms with van der Waals surface area (Å²) in [6.45, 7) is 5.01. The van der Waals surface area contributed by atoms with E-state index >= 15 is 0 Å². The van der Waals surface area contributed by atoms with Crippen molar-refractivity contribution in [3.63, 3.8) is 0 Å². The minimum Gasteiger partial charge on any atom is -0.396 e. The van der Waals surface area contributed by atoms with Gasteiger partial charge < -0.3 is 5.11 Å². The normalized spacial score (nSPS) is 13.2. The van der Waals surface area contributed by atoms with Gasteiger partial charge in [0.25, 0.3) is 0 Å². The van der Waals surface area contributed by atoms with Gasteiger partial charge in [-0.3, -0.25) is 0 Å². The molecule has 106 valence electrons. The van der Waals surface area contributed by atoms with E-state index in [0.29, 0.717) is 5.54 Å². The highest BCUT2D eigenvalue weighted by Crippen LogP contribution is 2.34. The number of hydrogen-bond acceptors (Lipinski definition) is 1. The van der Waals surface area contributed by atoms with Gasteiger partial charge in [-0.05, 0) is 23.6 Å². The maximum absolute atomic E-state index is 9.51. The number of aliphatic hydroxyl groups excluding tert-OH is 1. The fourth-order valence-electron chi connectivity index (χ4n) is 2.86. The van der Waals surface area contributed by atoms with E-state index in [1.165, 1.54) is 10.8 Å². The predicted octanol–water partition coefficient (Wildman–Crippen LogP) is 4.07. The molecule has 0 saturated heterocycles. The first-order valence-electron chi connectivity index (χ1n) is 6.98. The highest BCUT2D eigenvalue weighted by Gasteiger charge is 2.35. The van der Waals surface area contributed by atoms with Gasteiger partial charge in [0.2, 0.25) is 0 Å². The van der Waals surface area contributed by atoms with Crippen molar-refractivity contribution < 1.29 is 5.11 Å². The molecule has 0 saturated carbocycles. The summed E-state index contributed by atoms with van der Waals surface area (Å²) in [5.74, 6) is 0. The molecule has 0 amide bonds. The third-order valence-corrected chi connectivity index (χ3v) is 8.97. The van der Waals surface area contributed by atoms with Crippen molar-refractivity contribution in [3.05, 3.63) is 64.6 Å². The molecular formula is C17H21BrOSi. The number of hydrogen-bond donors (Lipinski definition) is 1. The molecule has 0 aliphatic carbocycles. The molecule has 0 aliphatic rings. The van der Waals surface area contributed by atoms with Crippen molar-refractivity contribution >= 4 is 29.2 Å². The lowest BCUT2D eigenvalue weighted by molar-refractivity contribution is 0.285. The molecule has 0 bridgehead atoms. The number of aliphatic hydroxyl groups is 1. The van der Waals surface area contributed by atoms with Gasteiger partial charge in [-0.15, -0.1) is 0 Å². The first kappa shape index (κ1) is 15.5. The molecule has 0 aliphatic heterocycles. The molecule has 0 heterocycles. The Morgan fingerprint density at radius 1 is 1.00 bits per heavy atom. The Bertz CT molecular complexity index is 554. The third kappa shape index (κ3) is 3.22. The molecule has 2 aromatic rings. The second-order valence-electron chi connectivity index (χ2n) is 5.67. The van der Waals surface area contributed by atoms with E-state index in [9.17, 15) is 5.11 Å². The Labute approximate surface area is 130 Å². The van der Waals surface area contributed by atoms with Crippen LogP contribution in [0, 0.1) is 0 Å². The molecule has 0 spiro atoms. The van der Waals surface area contributed by atoms with Crippen LogP contribution in [-0.4, -0.2) is 19.8 Å². The SMILES string of the molecule is C[Si](C)(c1ccccc1)[C@@H](CCO)c1ccccc1Br. The minimum atomic E-state index is -1.69. The quantitative estimate of drug-likeness (QED) is 0.807. The summed E-state index contributed by atoms with van der Waals surface area (Å²) in [7, 11) is -1.69. The van der Waals surface area contributed by atoms with Crippen LogP contribution in [0.1, 0.15) is 17.5 Å². The zero-order chi connectivity index (χ0) is 14.6. The number of benzene rings is 2. The minimum absolute atomic E-state index is 0.231. The van der Waals surface area contributed by atoms with Crippen molar-refractivity contribution in [2.75, 3.05) is 6.61 Å². The number of halogens is 1. The van der Waals surface area contributed by atoms with Crippen LogP contribution < -0.4 is 5.19 Å². The molecule has 0 radical (unpaired) electrons. The van der Waals surface area contributed by atoms with E-state index in [1.807, 2.05) is 6.07 Å². The highest BCUT2D eigenvalue weighted by molar-refractivity contribution is 9.10. The van der Waals surface area contributed by atoms with Crippen LogP contribution in [0.2, 0.25) is 13.1 Å². The Morgan fingerprint density at radius 3 is 2.20 bits per heavy atom. The summed E-state index contributed by atoms with van der Waals surface area (Å²) in [5.41, 5.74) is 1.73. The average molecular weight is 349 g/mol. The Morgan fingerprint density at radius 2 is 1.60 bits per heavy atom. The van der Waals surface area contributed by atoms with Gasteiger partial charge >= 0.3 is 0 Å². The van der Waals surface area contributed by atoms with Crippen LogP contribution in [0.3, 0.4) is 0 Å². The van der Waals surface area contributed by atoms with Crippen LogP contribution in [0.25, 0.3) is 0 Å². The molecule has 3 heteroatoms. The van der Waals surface area contributed by atoms with Crippen molar-refractivity contribution in [1.82, 2.24) is 0 Å². The largest absolute Gasteiger partial charge is 0.396 e. The van der Waals surface area contributed by atoms with Crippen molar-refractivity contribution in [2.45, 2.75) is 25.1 Å². The van der Waals surface area contributed by atoms with Gasteiger partial charge in [0.1, 0.15) is 0 Å². The van der Waals surface area contributed by atoms with E-state index in [0.717, 1.165) is 10.9 Å². The monoisotopic (exact) mass is 348 g/mol. The van der Waals surface area contributed by atoms with Crippen molar-refractivity contribution in [1.29, 1.82) is 0 Å². The summed E-state index contributed by atoms with van der Waals surface area (Å²) >= 11 is 3.67. The second kappa shape index (κ2) is 6.70. The van der Waals surface area contributed by atoms with Gasteiger partial charge in [-0.25, -0.2) is 0 Å². The Balaban J connectivity index is 2.45. The first-order chi connectivity index (χ1) is 9.57. The predicted molar refractivity (Wildman–Crippen MR) is 92.1 cm³/mol. The average Bonchev–Trinajstić information content (AvgIpc) is 2.46. The second-order valence-corrected chi connectivity index (χ2v) is 11.2. The summed E-state index contributed by atoms with van der Waals surface area (Å²) < 4.78 is 1.15. The molecule has 20 heavy (non-hydrogen) atoms. The van der Waals surface area contributed by atoms with E-state index < -0.39 is 8.07 Å². The number of rotatable bonds is 5. The molecule has 2 aromatic carbocycles. The molecular weight excluding hydrogens is 328 g/mol. The summed E-state index contributed by atoms with van der Waals surface area (Å²) in [6.07, 6.45) is 0.816. The van der Waals surface area contributed by atoms with Gasteiger partial charge in [-0.2, -0.15) is 0 Å². The maximum atomic E-state index is 9.51. The molecule has 0 aromatic heterocycles. The smallest absolute Gasteiger partial charge is 0.0881 e. The Hall–Kier alpha value is -0.903. The zero-order valence-corrected chi connectivity index (χ0v) is 14.6. The molecule has 1 atom stereocenters. The molecule has 0 fully saturated rings. The van der Waals surface area contributed by atoms with Gasteiger partial charge in [0.05, 0.1) is 8.07 Å². The fraction of sp³-hybridized carbons (Fsp3) is 0.294. The maximum Gasteiger partial charge on any atom is 0.0881 e. The molecule has 0 unspecified atom stereocenters. The summed E-state index contributed by atoms with van der Waals surface area (Å²) in [4.78, 5) is 0. The van der Waals surface area contributed by atoms with Crippen LogP contribution in [0.4, 0.5) is 0 Å². The summed E-state index contributed by atoms with van der Waals surface area (Å²) in [5, 5.41) is 10.9. The first-order valence-corrected chi connectivity index (χ1v) is 10.8. The zero-order valence-electron chi connectivity index (χ0n) is 12.0. The molecule has 1 N–H and O–H groups in total. The van der Waals surface area contributed by atoms with Crippen molar-refractivity contribution in [3.8, 4) is 0 Å². The molecule has 2 rings (SSSR count). The van der Waals surface area contributed by atoms with Gasteiger partial charge in [0.15, 0.2) is 0 Å². The lowest BCUT2D eigenvalue weighted by Gasteiger charge is -2.34. The van der Waals surface area contributed by atoms with E-state index in [-0.39, 0.29) is 6.61 Å². The van der Waals surface area contributed by atoms with E-state index in [2.05, 4.69) is 77.6 Å².